The molecule has 3 N–H and O–H groups in total. The van der Waals surface area contributed by atoms with Crippen LogP contribution >= 0.6 is 0 Å². The lowest BCUT2D eigenvalue weighted by Gasteiger charge is -2.32. The number of fused-ring (bicyclic) bond motifs is 1. The van der Waals surface area contributed by atoms with Crippen molar-refractivity contribution in [2.75, 3.05) is 29.1 Å². The number of esters is 1. The van der Waals surface area contributed by atoms with Gasteiger partial charge in [-0.25, -0.2) is 9.78 Å². The first kappa shape index (κ1) is 20.1. The van der Waals surface area contributed by atoms with Gasteiger partial charge in [-0.1, -0.05) is 19.1 Å². The third kappa shape index (κ3) is 4.29. The number of rotatable bonds is 6. The smallest absolute Gasteiger partial charge is 0.340 e. The molecule has 1 aliphatic rings. The number of anilines is 3. The molecule has 2 aromatic rings. The monoisotopic (exact) mass is 398 g/mol. The van der Waals surface area contributed by atoms with Gasteiger partial charge in [-0.15, -0.1) is 0 Å². The van der Waals surface area contributed by atoms with Gasteiger partial charge in [0.2, 0.25) is 5.91 Å². The summed E-state index contributed by atoms with van der Waals surface area (Å²) in [6.45, 7) is 3.42. The van der Waals surface area contributed by atoms with Crippen molar-refractivity contribution in [1.82, 2.24) is 4.98 Å². The van der Waals surface area contributed by atoms with Crippen LogP contribution in [0.1, 0.15) is 30.6 Å². The van der Waals surface area contributed by atoms with E-state index in [2.05, 4.69) is 10.3 Å². The number of hydrogen-bond donors (Lipinski definition) is 2. The largest absolute Gasteiger partial charge is 0.477 e. The summed E-state index contributed by atoms with van der Waals surface area (Å²) < 4.78 is 10.7. The number of pyridine rings is 1. The van der Waals surface area contributed by atoms with Gasteiger partial charge in [0.25, 0.3) is 5.91 Å². The minimum absolute atomic E-state index is 0.188. The zero-order valence-corrected chi connectivity index (χ0v) is 16.2. The molecule has 0 saturated carbocycles. The molecular weight excluding hydrogens is 376 g/mol. The van der Waals surface area contributed by atoms with Crippen LogP contribution in [-0.4, -0.2) is 42.0 Å². The van der Waals surface area contributed by atoms with E-state index in [1.54, 1.807) is 43.3 Å². The highest BCUT2D eigenvalue weighted by atomic mass is 16.5. The van der Waals surface area contributed by atoms with Gasteiger partial charge >= 0.3 is 5.97 Å². The van der Waals surface area contributed by atoms with E-state index in [0.717, 1.165) is 0 Å². The molecule has 9 heteroatoms. The number of benzene rings is 1. The first-order chi connectivity index (χ1) is 13.9. The summed E-state index contributed by atoms with van der Waals surface area (Å²) in [7, 11) is 0. The maximum atomic E-state index is 12.7. The van der Waals surface area contributed by atoms with Gasteiger partial charge in [0, 0.05) is 0 Å². The van der Waals surface area contributed by atoms with Gasteiger partial charge in [-0.2, -0.15) is 0 Å². The predicted molar refractivity (Wildman–Crippen MR) is 107 cm³/mol. The van der Waals surface area contributed by atoms with Crippen molar-refractivity contribution in [2.45, 2.75) is 26.4 Å². The fourth-order valence-corrected chi connectivity index (χ4v) is 2.94. The number of hydrogen-bond acceptors (Lipinski definition) is 7. The lowest BCUT2D eigenvalue weighted by Crippen LogP contribution is -2.49. The maximum absolute atomic E-state index is 12.7. The first-order valence-electron chi connectivity index (χ1n) is 9.25. The molecule has 1 unspecified atom stereocenters. The minimum Gasteiger partial charge on any atom is -0.477 e. The van der Waals surface area contributed by atoms with Crippen LogP contribution in [-0.2, 0) is 14.3 Å². The average molecular weight is 398 g/mol. The molecule has 9 nitrogen and oxygen atoms in total. The number of nitrogen functional groups attached to an aromatic ring is 1. The number of carbonyl (C=O) groups excluding carboxylic acids is 3. The van der Waals surface area contributed by atoms with Crippen LogP contribution in [0, 0.1) is 0 Å². The SMILES string of the molecule is CCOC(=O)c1ccccc1NC(=O)CN1C(=O)C(CC)Oc2ccc(N)nc21. The Bertz CT molecular complexity index is 946. The second-order valence-corrected chi connectivity index (χ2v) is 6.31. The topological polar surface area (TPSA) is 124 Å². The zero-order chi connectivity index (χ0) is 21.0. The van der Waals surface area contributed by atoms with Gasteiger partial charge in [-0.05, 0) is 37.6 Å². The van der Waals surface area contributed by atoms with Crippen LogP contribution in [0.15, 0.2) is 36.4 Å². The standard InChI is InChI=1S/C20H22N4O5/c1-3-14-19(26)24(18-15(29-14)9-10-16(21)23-18)11-17(25)22-13-8-6-5-7-12(13)20(27)28-4-2/h5-10,14H,3-4,11H2,1-2H3,(H2,21,23)(H,22,25). The summed E-state index contributed by atoms with van der Waals surface area (Å²) >= 11 is 0. The summed E-state index contributed by atoms with van der Waals surface area (Å²) in [5.74, 6) is -0.655. The van der Waals surface area contributed by atoms with Crippen molar-refractivity contribution in [1.29, 1.82) is 0 Å². The first-order valence-corrected chi connectivity index (χ1v) is 9.25. The molecule has 0 saturated heterocycles. The quantitative estimate of drug-likeness (QED) is 0.713. The lowest BCUT2D eigenvalue weighted by atomic mass is 10.1. The van der Waals surface area contributed by atoms with Crippen molar-refractivity contribution in [3.05, 3.63) is 42.0 Å². The number of ether oxygens (including phenoxy) is 2. The Morgan fingerprint density at radius 3 is 2.72 bits per heavy atom. The number of carbonyl (C=O) groups is 3. The number of nitrogens with one attached hydrogen (secondary N) is 1. The number of nitrogens with two attached hydrogens (primary N) is 1. The molecule has 0 bridgehead atoms. The highest BCUT2D eigenvalue weighted by Crippen LogP contribution is 2.33. The fraction of sp³-hybridized carbons (Fsp3) is 0.300. The molecular formula is C20H22N4O5. The molecule has 0 fully saturated rings. The molecule has 3 rings (SSSR count). The van der Waals surface area contributed by atoms with Crippen molar-refractivity contribution in [2.24, 2.45) is 0 Å². The Morgan fingerprint density at radius 1 is 1.24 bits per heavy atom. The van der Waals surface area contributed by atoms with E-state index in [0.29, 0.717) is 17.9 Å². The summed E-state index contributed by atoms with van der Waals surface area (Å²) in [4.78, 5) is 42.9. The molecule has 1 aromatic heterocycles. The molecule has 152 valence electrons. The van der Waals surface area contributed by atoms with E-state index >= 15 is 0 Å². The maximum Gasteiger partial charge on any atom is 0.340 e. The van der Waals surface area contributed by atoms with Crippen LogP contribution in [0.2, 0.25) is 0 Å². The summed E-state index contributed by atoms with van der Waals surface area (Å²) in [6, 6.07) is 9.68. The average Bonchev–Trinajstić information content (AvgIpc) is 2.70. The molecule has 1 atom stereocenters. The Balaban J connectivity index is 1.83. The van der Waals surface area contributed by atoms with Gasteiger partial charge in [0.1, 0.15) is 12.4 Å². The predicted octanol–water partition coefficient (Wildman–Crippen LogP) is 1.98. The number of nitrogens with zero attached hydrogens (tertiary/aromatic N) is 2. The van der Waals surface area contributed by atoms with E-state index in [1.165, 1.54) is 4.90 Å². The fourth-order valence-electron chi connectivity index (χ4n) is 2.94. The number of aromatic nitrogens is 1. The Morgan fingerprint density at radius 2 is 2.00 bits per heavy atom. The van der Waals surface area contributed by atoms with E-state index < -0.39 is 18.0 Å². The van der Waals surface area contributed by atoms with E-state index in [-0.39, 0.29) is 36.3 Å². The molecule has 2 heterocycles. The van der Waals surface area contributed by atoms with Gasteiger partial charge in [0.15, 0.2) is 17.7 Å². The molecule has 0 aliphatic carbocycles. The molecule has 1 aromatic carbocycles. The lowest BCUT2D eigenvalue weighted by molar-refractivity contribution is -0.128. The minimum atomic E-state index is -0.715. The molecule has 0 spiro atoms. The second kappa shape index (κ2) is 8.59. The third-order valence-corrected chi connectivity index (χ3v) is 4.30. The van der Waals surface area contributed by atoms with E-state index in [1.807, 2.05) is 6.92 Å². The normalized spacial score (nSPS) is 15.3. The summed E-state index contributed by atoms with van der Waals surface area (Å²) in [5.41, 5.74) is 6.26. The third-order valence-electron chi connectivity index (χ3n) is 4.30. The number of amides is 2. The molecule has 0 radical (unpaired) electrons. The zero-order valence-electron chi connectivity index (χ0n) is 16.2. The summed E-state index contributed by atoms with van der Waals surface area (Å²) in [6.07, 6.45) is -0.278. The van der Waals surface area contributed by atoms with Crippen molar-refractivity contribution < 1.29 is 23.9 Å². The van der Waals surface area contributed by atoms with Crippen LogP contribution < -0.4 is 20.7 Å². The van der Waals surface area contributed by atoms with Crippen molar-refractivity contribution in [3.8, 4) is 5.75 Å². The van der Waals surface area contributed by atoms with Crippen molar-refractivity contribution >= 4 is 35.1 Å². The molecule has 1 aliphatic heterocycles. The van der Waals surface area contributed by atoms with Gasteiger partial charge < -0.3 is 20.5 Å². The Kier molecular flexibility index (Phi) is 5.96. The van der Waals surface area contributed by atoms with E-state index in [9.17, 15) is 14.4 Å². The van der Waals surface area contributed by atoms with Crippen LogP contribution in [0.4, 0.5) is 17.3 Å². The highest BCUT2D eigenvalue weighted by molar-refractivity contribution is 6.07. The Hall–Kier alpha value is -3.62. The van der Waals surface area contributed by atoms with Crippen LogP contribution in [0.3, 0.4) is 0 Å². The van der Waals surface area contributed by atoms with Crippen LogP contribution in [0.25, 0.3) is 0 Å². The van der Waals surface area contributed by atoms with E-state index in [4.69, 9.17) is 15.2 Å². The van der Waals surface area contributed by atoms with Gasteiger partial charge in [-0.3, -0.25) is 14.5 Å². The van der Waals surface area contributed by atoms with Gasteiger partial charge in [0.05, 0.1) is 17.9 Å². The second-order valence-electron chi connectivity index (χ2n) is 6.31. The van der Waals surface area contributed by atoms with Crippen molar-refractivity contribution in [3.63, 3.8) is 0 Å². The molecule has 2 amide bonds. The number of para-hydroxylation sites is 1. The summed E-state index contributed by atoms with van der Waals surface area (Å²) in [5, 5.41) is 2.66. The van der Waals surface area contributed by atoms with Crippen LogP contribution in [0.5, 0.6) is 5.75 Å². The highest BCUT2D eigenvalue weighted by Gasteiger charge is 2.35. The Labute approximate surface area is 167 Å². The molecule has 29 heavy (non-hydrogen) atoms.